The topological polar surface area (TPSA) is 62.3 Å². The van der Waals surface area contributed by atoms with Crippen LogP contribution < -0.4 is 10.2 Å². The molecule has 1 N–H and O–H groups in total. The Morgan fingerprint density at radius 2 is 1.57 bits per heavy atom. The summed E-state index contributed by atoms with van der Waals surface area (Å²) in [6, 6.07) is 8.80. The van der Waals surface area contributed by atoms with E-state index in [0.29, 0.717) is 31.6 Å². The van der Waals surface area contributed by atoms with Gasteiger partial charge in [0.15, 0.2) is 27.3 Å². The standard InChI is InChI=1S/C21H28F3N3O2S/c1-3-5-13-27(14-6-4-2)21-18(23)19(17(22)20(24)26-21)30(28,29)15-12-25-16-10-8-7-9-11-16/h7-11,25H,3-6,12-15H2,1-2H3. The summed E-state index contributed by atoms with van der Waals surface area (Å²) in [4.78, 5) is 3.65. The molecule has 0 fully saturated rings. The molecule has 2 rings (SSSR count). The molecule has 0 aliphatic heterocycles. The molecule has 2 aromatic rings. The van der Waals surface area contributed by atoms with Crippen LogP contribution in [0.3, 0.4) is 0 Å². The largest absolute Gasteiger partial charge is 0.384 e. The van der Waals surface area contributed by atoms with Crippen LogP contribution in [0.25, 0.3) is 0 Å². The Morgan fingerprint density at radius 1 is 0.967 bits per heavy atom. The number of para-hydroxylation sites is 1. The van der Waals surface area contributed by atoms with Crippen molar-refractivity contribution >= 4 is 21.3 Å². The average molecular weight is 444 g/mol. The Kier molecular flexibility index (Phi) is 8.95. The Labute approximate surface area is 176 Å². The lowest BCUT2D eigenvalue weighted by atomic mass is 10.2. The molecule has 1 aromatic heterocycles. The first kappa shape index (κ1) is 24.0. The van der Waals surface area contributed by atoms with Gasteiger partial charge in [-0.15, -0.1) is 0 Å². The summed E-state index contributed by atoms with van der Waals surface area (Å²) in [5, 5.41) is 2.87. The van der Waals surface area contributed by atoms with Crippen molar-refractivity contribution in [2.45, 2.75) is 44.4 Å². The quantitative estimate of drug-likeness (QED) is 0.478. The van der Waals surface area contributed by atoms with Gasteiger partial charge in [-0.05, 0) is 25.0 Å². The summed E-state index contributed by atoms with van der Waals surface area (Å²) >= 11 is 0. The van der Waals surface area contributed by atoms with E-state index in [0.717, 1.165) is 12.8 Å². The SMILES string of the molecule is CCCCN(CCCC)c1nc(F)c(F)c(S(=O)(=O)CCNc2ccccc2)c1F. The van der Waals surface area contributed by atoms with Crippen molar-refractivity contribution in [1.82, 2.24) is 4.98 Å². The second-order valence-corrected chi connectivity index (χ2v) is 9.04. The van der Waals surface area contributed by atoms with Gasteiger partial charge >= 0.3 is 0 Å². The lowest BCUT2D eigenvalue weighted by Gasteiger charge is -2.25. The Hall–Kier alpha value is -2.29. The van der Waals surface area contributed by atoms with Crippen molar-refractivity contribution in [3.8, 4) is 0 Å². The molecule has 1 aromatic carbocycles. The number of anilines is 2. The van der Waals surface area contributed by atoms with Crippen LogP contribution in [0, 0.1) is 17.6 Å². The lowest BCUT2D eigenvalue weighted by Crippen LogP contribution is -2.29. The number of nitrogens with one attached hydrogen (secondary N) is 1. The summed E-state index contributed by atoms with van der Waals surface area (Å²) < 4.78 is 69.1. The molecule has 0 aliphatic rings. The van der Waals surface area contributed by atoms with Gasteiger partial charge in [0.2, 0.25) is 0 Å². The minimum absolute atomic E-state index is 0.0834. The monoisotopic (exact) mass is 443 g/mol. The molecule has 0 radical (unpaired) electrons. The van der Waals surface area contributed by atoms with Gasteiger partial charge in [0.25, 0.3) is 5.95 Å². The Balaban J connectivity index is 2.33. The van der Waals surface area contributed by atoms with Gasteiger partial charge in [-0.3, -0.25) is 0 Å². The van der Waals surface area contributed by atoms with E-state index in [2.05, 4.69) is 10.3 Å². The number of unbranched alkanes of at least 4 members (excludes halogenated alkanes) is 2. The zero-order chi connectivity index (χ0) is 22.1. The average Bonchev–Trinajstić information content (AvgIpc) is 2.72. The van der Waals surface area contributed by atoms with Crippen LogP contribution >= 0.6 is 0 Å². The molecular weight excluding hydrogens is 415 g/mol. The fourth-order valence-corrected chi connectivity index (χ4v) is 4.27. The predicted molar refractivity (Wildman–Crippen MR) is 113 cm³/mol. The van der Waals surface area contributed by atoms with Crippen molar-refractivity contribution in [1.29, 1.82) is 0 Å². The van der Waals surface area contributed by atoms with Gasteiger partial charge in [0, 0.05) is 25.3 Å². The Bertz CT molecular complexity index is 917. The van der Waals surface area contributed by atoms with Gasteiger partial charge in [-0.25, -0.2) is 17.2 Å². The lowest BCUT2D eigenvalue weighted by molar-refractivity contribution is 0.430. The maximum atomic E-state index is 15.2. The zero-order valence-corrected chi connectivity index (χ0v) is 18.1. The third-order valence-electron chi connectivity index (χ3n) is 4.63. The fraction of sp³-hybridized carbons (Fsp3) is 0.476. The maximum absolute atomic E-state index is 15.2. The smallest absolute Gasteiger partial charge is 0.252 e. The number of hydrogen-bond acceptors (Lipinski definition) is 5. The Morgan fingerprint density at radius 3 is 2.13 bits per heavy atom. The highest BCUT2D eigenvalue weighted by Crippen LogP contribution is 2.29. The van der Waals surface area contributed by atoms with Crippen molar-refractivity contribution in [3.63, 3.8) is 0 Å². The first-order valence-electron chi connectivity index (χ1n) is 10.1. The highest BCUT2D eigenvalue weighted by Gasteiger charge is 2.32. The summed E-state index contributed by atoms with van der Waals surface area (Å²) in [7, 11) is -4.43. The summed E-state index contributed by atoms with van der Waals surface area (Å²) in [6.07, 6.45) is 2.99. The molecule has 30 heavy (non-hydrogen) atoms. The normalized spacial score (nSPS) is 11.5. The van der Waals surface area contributed by atoms with Gasteiger partial charge in [-0.2, -0.15) is 9.37 Å². The highest BCUT2D eigenvalue weighted by molar-refractivity contribution is 7.91. The van der Waals surface area contributed by atoms with Crippen molar-refractivity contribution in [3.05, 3.63) is 47.9 Å². The first-order chi connectivity index (χ1) is 14.3. The van der Waals surface area contributed by atoms with Crippen LogP contribution in [-0.2, 0) is 9.84 Å². The summed E-state index contributed by atoms with van der Waals surface area (Å²) in [5.41, 5.74) is 0.667. The van der Waals surface area contributed by atoms with Crippen molar-refractivity contribution in [2.75, 3.05) is 35.6 Å². The second-order valence-electron chi connectivity index (χ2n) is 6.99. The first-order valence-corrected chi connectivity index (χ1v) is 11.8. The van der Waals surface area contributed by atoms with E-state index in [1.807, 2.05) is 13.8 Å². The second kappa shape index (κ2) is 11.2. The molecule has 0 atom stereocenters. The van der Waals surface area contributed by atoms with E-state index in [4.69, 9.17) is 0 Å². The number of nitrogens with zero attached hydrogens (tertiary/aromatic N) is 2. The molecular formula is C21H28F3N3O2S. The molecule has 5 nitrogen and oxygen atoms in total. The van der Waals surface area contributed by atoms with E-state index in [9.17, 15) is 17.2 Å². The number of aromatic nitrogens is 1. The van der Waals surface area contributed by atoms with Crippen LogP contribution in [0.1, 0.15) is 39.5 Å². The summed E-state index contributed by atoms with van der Waals surface area (Å²) in [5.74, 6) is -5.77. The number of benzene rings is 1. The van der Waals surface area contributed by atoms with Gasteiger partial charge in [0.05, 0.1) is 5.75 Å². The highest BCUT2D eigenvalue weighted by atomic mass is 32.2. The third-order valence-corrected chi connectivity index (χ3v) is 6.35. The zero-order valence-electron chi connectivity index (χ0n) is 17.3. The van der Waals surface area contributed by atoms with Crippen LogP contribution in [-0.4, -0.2) is 38.8 Å². The molecule has 0 aliphatic carbocycles. The minimum atomic E-state index is -4.43. The predicted octanol–water partition coefficient (Wildman–Crippen LogP) is 4.79. The molecule has 0 saturated carbocycles. The van der Waals surface area contributed by atoms with E-state index >= 15 is 4.39 Å². The number of sulfone groups is 1. The summed E-state index contributed by atoms with van der Waals surface area (Å²) in [6.45, 7) is 4.56. The molecule has 166 valence electrons. The molecule has 0 unspecified atom stereocenters. The van der Waals surface area contributed by atoms with Crippen molar-refractivity contribution in [2.24, 2.45) is 0 Å². The van der Waals surface area contributed by atoms with Gasteiger partial charge in [0.1, 0.15) is 4.90 Å². The molecule has 1 heterocycles. The number of rotatable bonds is 12. The molecule has 0 bridgehead atoms. The van der Waals surface area contributed by atoms with E-state index < -0.39 is 43.9 Å². The van der Waals surface area contributed by atoms with Crippen LogP contribution in [0.15, 0.2) is 35.2 Å². The number of hydrogen-bond donors (Lipinski definition) is 1. The molecule has 0 saturated heterocycles. The maximum Gasteiger partial charge on any atom is 0.252 e. The van der Waals surface area contributed by atoms with E-state index in [1.54, 1.807) is 30.3 Å². The molecule has 0 amide bonds. The van der Waals surface area contributed by atoms with E-state index in [-0.39, 0.29) is 6.54 Å². The van der Waals surface area contributed by atoms with Crippen LogP contribution in [0.5, 0.6) is 0 Å². The van der Waals surface area contributed by atoms with Crippen LogP contribution in [0.4, 0.5) is 24.7 Å². The third kappa shape index (κ3) is 6.10. The van der Waals surface area contributed by atoms with Gasteiger partial charge < -0.3 is 10.2 Å². The fourth-order valence-electron chi connectivity index (χ4n) is 2.97. The van der Waals surface area contributed by atoms with Crippen molar-refractivity contribution < 1.29 is 21.6 Å². The molecule has 0 spiro atoms. The molecule has 9 heteroatoms. The number of halogens is 3. The minimum Gasteiger partial charge on any atom is -0.384 e. The van der Waals surface area contributed by atoms with Crippen LogP contribution in [0.2, 0.25) is 0 Å². The van der Waals surface area contributed by atoms with E-state index in [1.165, 1.54) is 4.90 Å². The van der Waals surface area contributed by atoms with Gasteiger partial charge in [-0.1, -0.05) is 44.9 Å². The number of pyridine rings is 1.